The van der Waals surface area contributed by atoms with Gasteiger partial charge >= 0.3 is 0 Å². The van der Waals surface area contributed by atoms with Gasteiger partial charge in [0.1, 0.15) is 5.75 Å². The molecule has 3 rings (SSSR count). The van der Waals surface area contributed by atoms with Crippen molar-refractivity contribution in [3.05, 3.63) is 71.5 Å². The van der Waals surface area contributed by atoms with Crippen molar-refractivity contribution in [3.63, 3.8) is 0 Å². The molecule has 0 atom stereocenters. The van der Waals surface area contributed by atoms with E-state index >= 15 is 0 Å². The zero-order valence-electron chi connectivity index (χ0n) is 17.8. The number of unbranched alkanes of at least 4 members (excludes halogenated alkanes) is 1. The van der Waals surface area contributed by atoms with Gasteiger partial charge in [-0.15, -0.1) is 0 Å². The van der Waals surface area contributed by atoms with Crippen LogP contribution in [-0.2, 0) is 0 Å². The molecule has 154 valence electrons. The van der Waals surface area contributed by atoms with E-state index in [-0.39, 0.29) is 11.7 Å². The maximum atomic E-state index is 13.3. The Bertz CT molecular complexity index is 926. The van der Waals surface area contributed by atoms with Crippen LogP contribution >= 0.6 is 0 Å². The fraction of sp³-hybridized carbons (Fsp3) is 0.400. The third-order valence-electron chi connectivity index (χ3n) is 5.14. The number of rotatable bonds is 11. The van der Waals surface area contributed by atoms with Crippen molar-refractivity contribution in [2.75, 3.05) is 19.7 Å². The van der Waals surface area contributed by atoms with Gasteiger partial charge in [0, 0.05) is 17.3 Å². The van der Waals surface area contributed by atoms with Crippen LogP contribution in [-0.4, -0.2) is 29.9 Å². The molecule has 0 radical (unpaired) electrons. The molecule has 0 saturated carbocycles. The van der Waals surface area contributed by atoms with Crippen molar-refractivity contribution < 1.29 is 9.53 Å². The number of pyridine rings is 1. The summed E-state index contributed by atoms with van der Waals surface area (Å²) in [6, 6.07) is 15.6. The summed E-state index contributed by atoms with van der Waals surface area (Å²) in [5.74, 6) is 1.13. The van der Waals surface area contributed by atoms with Crippen LogP contribution in [0.25, 0.3) is 5.52 Å². The smallest absolute Gasteiger partial charge is 0.210 e. The van der Waals surface area contributed by atoms with Gasteiger partial charge in [0.15, 0.2) is 0 Å². The van der Waals surface area contributed by atoms with Gasteiger partial charge in [0.05, 0.1) is 12.3 Å². The number of ketones is 1. The number of hydrogen-bond acceptors (Lipinski definition) is 3. The predicted molar refractivity (Wildman–Crippen MR) is 119 cm³/mol. The van der Waals surface area contributed by atoms with E-state index in [0.29, 0.717) is 12.2 Å². The van der Waals surface area contributed by atoms with Gasteiger partial charge in [-0.1, -0.05) is 33.3 Å². The number of carbonyl (C=O) groups is 1. The Labute approximate surface area is 173 Å². The first-order chi connectivity index (χ1) is 14.1. The molecule has 1 N–H and O–H groups in total. The lowest BCUT2D eigenvalue weighted by molar-refractivity contribution is 0.103. The standard InChI is InChI=1S/C25H32N2O2/c1-4-5-14-26-15-8-17-29-22-12-10-20(11-13-22)25(28)24-23(19(2)3)18-21-9-6-7-16-27(21)24/h6-7,9-13,16,18-19,26H,4-5,8,14-15,17H2,1-3H3. The van der Waals surface area contributed by atoms with Gasteiger partial charge in [-0.05, 0) is 79.9 Å². The molecule has 0 aliphatic rings. The molecule has 0 unspecified atom stereocenters. The largest absolute Gasteiger partial charge is 0.494 e. The molecule has 4 nitrogen and oxygen atoms in total. The number of nitrogens with one attached hydrogen (secondary N) is 1. The summed E-state index contributed by atoms with van der Waals surface area (Å²) in [5.41, 5.74) is 3.57. The second-order valence-electron chi connectivity index (χ2n) is 7.76. The van der Waals surface area contributed by atoms with Crippen molar-refractivity contribution in [1.82, 2.24) is 9.72 Å². The van der Waals surface area contributed by atoms with Gasteiger partial charge in [0.2, 0.25) is 5.78 Å². The van der Waals surface area contributed by atoms with E-state index in [1.54, 1.807) is 0 Å². The molecule has 0 fully saturated rings. The molecule has 2 aromatic heterocycles. The van der Waals surface area contributed by atoms with Crippen molar-refractivity contribution in [1.29, 1.82) is 0 Å². The fourth-order valence-electron chi connectivity index (χ4n) is 3.48. The normalized spacial score (nSPS) is 11.3. The highest BCUT2D eigenvalue weighted by atomic mass is 16.5. The fourth-order valence-corrected chi connectivity index (χ4v) is 3.48. The van der Waals surface area contributed by atoms with E-state index in [1.165, 1.54) is 12.8 Å². The van der Waals surface area contributed by atoms with Crippen LogP contribution in [0.4, 0.5) is 0 Å². The van der Waals surface area contributed by atoms with Crippen molar-refractivity contribution in [3.8, 4) is 5.75 Å². The van der Waals surface area contributed by atoms with Gasteiger partial charge in [-0.3, -0.25) is 4.79 Å². The summed E-state index contributed by atoms with van der Waals surface area (Å²) < 4.78 is 7.81. The first kappa shape index (κ1) is 21.1. The highest BCUT2D eigenvalue weighted by molar-refractivity contribution is 6.09. The SMILES string of the molecule is CCCCNCCCOc1ccc(C(=O)c2c(C(C)C)cc3ccccn23)cc1. The highest BCUT2D eigenvalue weighted by Crippen LogP contribution is 2.27. The third kappa shape index (κ3) is 5.27. The van der Waals surface area contributed by atoms with Crippen molar-refractivity contribution >= 4 is 11.3 Å². The van der Waals surface area contributed by atoms with E-state index in [9.17, 15) is 4.79 Å². The van der Waals surface area contributed by atoms with E-state index in [1.807, 2.05) is 53.1 Å². The van der Waals surface area contributed by atoms with Gasteiger partial charge < -0.3 is 14.5 Å². The number of benzene rings is 1. The predicted octanol–water partition coefficient (Wildman–Crippen LogP) is 5.45. The van der Waals surface area contributed by atoms with Crippen LogP contribution in [0.3, 0.4) is 0 Å². The highest BCUT2D eigenvalue weighted by Gasteiger charge is 2.20. The zero-order valence-corrected chi connectivity index (χ0v) is 17.8. The minimum Gasteiger partial charge on any atom is -0.494 e. The lowest BCUT2D eigenvalue weighted by Crippen LogP contribution is -2.18. The summed E-state index contributed by atoms with van der Waals surface area (Å²) >= 11 is 0. The minimum absolute atomic E-state index is 0.0478. The quantitative estimate of drug-likeness (QED) is 0.348. The average Bonchev–Trinajstić information content (AvgIpc) is 3.13. The summed E-state index contributed by atoms with van der Waals surface area (Å²) in [6.07, 6.45) is 5.36. The Morgan fingerprint density at radius 3 is 2.55 bits per heavy atom. The van der Waals surface area contributed by atoms with Gasteiger partial charge in [-0.25, -0.2) is 0 Å². The van der Waals surface area contributed by atoms with E-state index in [0.717, 1.165) is 42.0 Å². The van der Waals surface area contributed by atoms with Crippen LogP contribution in [0.1, 0.15) is 67.6 Å². The maximum Gasteiger partial charge on any atom is 0.210 e. The first-order valence-corrected chi connectivity index (χ1v) is 10.7. The lowest BCUT2D eigenvalue weighted by atomic mass is 9.98. The number of hydrogen-bond donors (Lipinski definition) is 1. The molecule has 29 heavy (non-hydrogen) atoms. The molecule has 2 heterocycles. The Balaban J connectivity index is 1.65. The molecule has 0 aliphatic heterocycles. The Morgan fingerprint density at radius 2 is 1.83 bits per heavy atom. The number of aromatic nitrogens is 1. The molecule has 4 heteroatoms. The van der Waals surface area contributed by atoms with Crippen LogP contribution in [0.5, 0.6) is 5.75 Å². The van der Waals surface area contributed by atoms with Crippen LogP contribution < -0.4 is 10.1 Å². The number of fused-ring (bicyclic) bond motifs is 1. The number of nitrogens with zero attached hydrogens (tertiary/aromatic N) is 1. The maximum absolute atomic E-state index is 13.3. The molecule has 0 aliphatic carbocycles. The number of carbonyl (C=O) groups excluding carboxylic acids is 1. The average molecular weight is 393 g/mol. The number of ether oxygens (including phenoxy) is 1. The Morgan fingerprint density at radius 1 is 1.07 bits per heavy atom. The lowest BCUT2D eigenvalue weighted by Gasteiger charge is -2.10. The Kier molecular flexibility index (Phi) is 7.48. The zero-order chi connectivity index (χ0) is 20.6. The molecule has 0 bridgehead atoms. The van der Waals surface area contributed by atoms with E-state index < -0.39 is 0 Å². The summed E-state index contributed by atoms with van der Waals surface area (Å²) in [4.78, 5) is 13.3. The van der Waals surface area contributed by atoms with Gasteiger partial charge in [-0.2, -0.15) is 0 Å². The molecule has 0 saturated heterocycles. The second-order valence-corrected chi connectivity index (χ2v) is 7.76. The molecule has 1 aromatic carbocycles. The molecule has 0 amide bonds. The van der Waals surface area contributed by atoms with Gasteiger partial charge in [0.25, 0.3) is 0 Å². The topological polar surface area (TPSA) is 42.7 Å². The first-order valence-electron chi connectivity index (χ1n) is 10.7. The van der Waals surface area contributed by atoms with E-state index in [4.69, 9.17) is 4.74 Å². The second kappa shape index (κ2) is 10.3. The van der Waals surface area contributed by atoms with Crippen LogP contribution in [0.15, 0.2) is 54.7 Å². The molecular formula is C25H32N2O2. The Hall–Kier alpha value is -2.59. The molecule has 3 aromatic rings. The van der Waals surface area contributed by atoms with Crippen molar-refractivity contribution in [2.45, 2.75) is 46.0 Å². The van der Waals surface area contributed by atoms with E-state index in [2.05, 4.69) is 32.2 Å². The molecular weight excluding hydrogens is 360 g/mol. The van der Waals surface area contributed by atoms with Crippen molar-refractivity contribution in [2.24, 2.45) is 0 Å². The van der Waals surface area contributed by atoms with Crippen LogP contribution in [0.2, 0.25) is 0 Å². The van der Waals surface area contributed by atoms with Crippen LogP contribution in [0, 0.1) is 0 Å². The molecule has 0 spiro atoms. The summed E-state index contributed by atoms with van der Waals surface area (Å²) in [7, 11) is 0. The third-order valence-corrected chi connectivity index (χ3v) is 5.14. The summed E-state index contributed by atoms with van der Waals surface area (Å²) in [5, 5.41) is 3.41. The monoisotopic (exact) mass is 392 g/mol. The summed E-state index contributed by atoms with van der Waals surface area (Å²) in [6.45, 7) is 9.16. The minimum atomic E-state index is 0.0478.